The molecule has 0 saturated heterocycles. The number of hydrogen-bond donors (Lipinski definition) is 2. The number of phenolic OH excluding ortho intramolecular Hbond substituents is 1. The highest BCUT2D eigenvalue weighted by Crippen LogP contribution is 2.36. The smallest absolute Gasteiger partial charge is 0.308 e. The number of unbranched alkanes of at least 4 members (excludes halogenated alkanes) is 10. The number of methoxy groups -OCH3 is 1. The first-order valence-corrected chi connectivity index (χ1v) is 13.7. The number of aliphatic hydroxyl groups excluding tert-OH is 1. The largest absolute Gasteiger partial charge is 0.504 e. The minimum absolute atomic E-state index is 0.0524. The van der Waals surface area contributed by atoms with Crippen LogP contribution >= 0.6 is 0 Å². The Labute approximate surface area is 224 Å². The Morgan fingerprint density at radius 1 is 0.868 bits per heavy atom. The molecule has 206 valence electrons. The van der Waals surface area contributed by atoms with Gasteiger partial charge >= 0.3 is 5.97 Å². The Balaban J connectivity index is 1.62. The summed E-state index contributed by atoms with van der Waals surface area (Å²) in [6.07, 6.45) is 13.9. The lowest BCUT2D eigenvalue weighted by molar-refractivity contribution is -0.132. The lowest BCUT2D eigenvalue weighted by Gasteiger charge is -2.12. The lowest BCUT2D eigenvalue weighted by atomic mass is 10.0. The van der Waals surface area contributed by atoms with Gasteiger partial charge in [-0.15, -0.1) is 0 Å². The van der Waals surface area contributed by atoms with E-state index in [1.165, 1.54) is 71.1 Å². The van der Waals surface area contributed by atoms with Crippen molar-refractivity contribution in [2.45, 2.75) is 84.0 Å². The second kappa shape index (κ2) is 15.2. The highest BCUT2D eigenvalue weighted by molar-refractivity contribution is 5.84. The van der Waals surface area contributed by atoms with Crippen molar-refractivity contribution in [2.24, 2.45) is 0 Å². The van der Waals surface area contributed by atoms with Crippen LogP contribution in [-0.2, 0) is 11.2 Å². The van der Waals surface area contributed by atoms with Crippen LogP contribution in [-0.4, -0.2) is 29.9 Å². The Hall–Kier alpha value is -3.32. The fourth-order valence-electron chi connectivity index (χ4n) is 4.66. The third-order valence-electron chi connectivity index (χ3n) is 6.72. The molecule has 0 unspecified atom stereocenters. The molecule has 1 aromatic heterocycles. The highest BCUT2D eigenvalue weighted by atomic mass is 16.5. The lowest BCUT2D eigenvalue weighted by Crippen LogP contribution is -2.13. The fraction of sp³-hybridized carbons (Fsp3) is 0.484. The average Bonchev–Trinajstić information content (AvgIpc) is 2.91. The van der Waals surface area contributed by atoms with Crippen molar-refractivity contribution in [3.63, 3.8) is 0 Å². The number of aliphatic hydroxyl groups is 1. The number of fused-ring (bicyclic) bond motifs is 1. The van der Waals surface area contributed by atoms with Crippen molar-refractivity contribution in [1.29, 1.82) is 0 Å². The van der Waals surface area contributed by atoms with E-state index in [1.807, 2.05) is 12.1 Å². The molecule has 0 atom stereocenters. The van der Waals surface area contributed by atoms with Crippen molar-refractivity contribution in [3.8, 4) is 28.6 Å². The molecular weight excluding hydrogens is 484 g/mol. The number of ether oxygens (including phenoxy) is 2. The van der Waals surface area contributed by atoms with E-state index in [1.54, 1.807) is 12.1 Å². The first-order chi connectivity index (χ1) is 18.4. The van der Waals surface area contributed by atoms with E-state index in [-0.39, 0.29) is 23.0 Å². The summed E-state index contributed by atoms with van der Waals surface area (Å²) in [6, 6.07) is 10.1. The van der Waals surface area contributed by atoms with E-state index in [4.69, 9.17) is 19.0 Å². The second-order valence-electron chi connectivity index (χ2n) is 9.76. The first-order valence-electron chi connectivity index (χ1n) is 13.7. The molecule has 0 saturated carbocycles. The fourth-order valence-corrected chi connectivity index (χ4v) is 4.66. The van der Waals surface area contributed by atoms with Gasteiger partial charge < -0.3 is 24.1 Å². The van der Waals surface area contributed by atoms with E-state index in [0.717, 1.165) is 37.7 Å². The third kappa shape index (κ3) is 8.35. The van der Waals surface area contributed by atoms with E-state index in [2.05, 4.69) is 0 Å². The molecule has 0 aliphatic carbocycles. The van der Waals surface area contributed by atoms with Crippen LogP contribution < -0.4 is 14.9 Å². The summed E-state index contributed by atoms with van der Waals surface area (Å²) < 4.78 is 16.5. The van der Waals surface area contributed by atoms with Crippen LogP contribution in [0, 0.1) is 0 Å². The maximum Gasteiger partial charge on any atom is 0.308 e. The van der Waals surface area contributed by atoms with Gasteiger partial charge in [0.1, 0.15) is 5.58 Å². The van der Waals surface area contributed by atoms with Crippen molar-refractivity contribution in [1.82, 2.24) is 0 Å². The second-order valence-corrected chi connectivity index (χ2v) is 9.76. The van der Waals surface area contributed by atoms with Gasteiger partial charge in [-0.1, -0.05) is 63.9 Å². The Morgan fingerprint density at radius 3 is 2.11 bits per heavy atom. The minimum Gasteiger partial charge on any atom is -0.504 e. The van der Waals surface area contributed by atoms with Crippen molar-refractivity contribution in [3.05, 3.63) is 52.2 Å². The van der Waals surface area contributed by atoms with E-state index in [9.17, 15) is 14.7 Å². The maximum absolute atomic E-state index is 13.4. The van der Waals surface area contributed by atoms with Crippen LogP contribution in [0.1, 0.15) is 83.1 Å². The summed E-state index contributed by atoms with van der Waals surface area (Å²) in [5.41, 5.74) is 1.47. The predicted octanol–water partition coefficient (Wildman–Crippen LogP) is 6.93. The number of hydrogen-bond acceptors (Lipinski definition) is 7. The van der Waals surface area contributed by atoms with Gasteiger partial charge in [0.15, 0.2) is 17.3 Å². The van der Waals surface area contributed by atoms with Crippen LogP contribution in [0.4, 0.5) is 0 Å². The zero-order valence-electron chi connectivity index (χ0n) is 22.6. The monoisotopic (exact) mass is 524 g/mol. The van der Waals surface area contributed by atoms with Crippen LogP contribution in [0.3, 0.4) is 0 Å². The number of carbonyl (C=O) groups is 1. The predicted molar refractivity (Wildman–Crippen MR) is 149 cm³/mol. The summed E-state index contributed by atoms with van der Waals surface area (Å²) in [4.78, 5) is 25.2. The Morgan fingerprint density at radius 2 is 1.50 bits per heavy atom. The van der Waals surface area contributed by atoms with Gasteiger partial charge in [0.2, 0.25) is 11.2 Å². The summed E-state index contributed by atoms with van der Waals surface area (Å²) in [5.74, 6) is -0.536. The standard InChI is InChI=1S/C31H40O7/c1-22(33)37-31-29(35)25-20-23(14-12-10-8-6-4-3-5-7-9-11-13-19-32)15-18-27(25)38-30(31)24-16-17-26(34)28(21-24)36-2/h15-18,20-21,32,34H,3-14,19H2,1-2H3. The van der Waals surface area contributed by atoms with E-state index in [0.29, 0.717) is 23.1 Å². The Kier molecular flexibility index (Phi) is 11.7. The maximum atomic E-state index is 13.4. The summed E-state index contributed by atoms with van der Waals surface area (Å²) in [5, 5.41) is 19.1. The number of aromatic hydroxyl groups is 1. The molecule has 3 rings (SSSR count). The average molecular weight is 525 g/mol. The molecule has 2 N–H and O–H groups in total. The summed E-state index contributed by atoms with van der Waals surface area (Å²) in [7, 11) is 1.42. The molecule has 7 nitrogen and oxygen atoms in total. The van der Waals surface area contributed by atoms with E-state index >= 15 is 0 Å². The molecule has 0 aliphatic heterocycles. The molecule has 0 aliphatic rings. The van der Waals surface area contributed by atoms with Crippen molar-refractivity contribution < 1.29 is 28.9 Å². The van der Waals surface area contributed by atoms with Crippen molar-refractivity contribution in [2.75, 3.05) is 13.7 Å². The number of benzene rings is 2. The van der Waals surface area contributed by atoms with E-state index < -0.39 is 11.4 Å². The van der Waals surface area contributed by atoms with Crippen LogP contribution in [0.25, 0.3) is 22.3 Å². The molecule has 0 fully saturated rings. The van der Waals surface area contributed by atoms with Crippen LogP contribution in [0.2, 0.25) is 0 Å². The number of aryl methyl sites for hydroxylation is 1. The van der Waals surface area contributed by atoms with Crippen LogP contribution in [0.15, 0.2) is 45.6 Å². The van der Waals surface area contributed by atoms with Gasteiger partial charge in [-0.2, -0.15) is 0 Å². The number of rotatable bonds is 16. The molecule has 38 heavy (non-hydrogen) atoms. The zero-order valence-corrected chi connectivity index (χ0v) is 22.6. The minimum atomic E-state index is -0.624. The molecule has 1 heterocycles. The van der Waals surface area contributed by atoms with Gasteiger partial charge in [0.05, 0.1) is 12.5 Å². The van der Waals surface area contributed by atoms with Gasteiger partial charge in [-0.25, -0.2) is 0 Å². The molecule has 7 heteroatoms. The van der Waals surface area contributed by atoms with Gasteiger partial charge in [-0.3, -0.25) is 9.59 Å². The third-order valence-corrected chi connectivity index (χ3v) is 6.72. The molecular formula is C31H40O7. The SMILES string of the molecule is COc1cc(-c2oc3ccc(CCCCCCCCCCCCCO)cc3c(=O)c2OC(C)=O)ccc1O. The first kappa shape index (κ1) is 29.2. The van der Waals surface area contributed by atoms with Crippen LogP contribution in [0.5, 0.6) is 17.2 Å². The summed E-state index contributed by atoms with van der Waals surface area (Å²) >= 11 is 0. The topological polar surface area (TPSA) is 106 Å². The molecule has 0 bridgehead atoms. The number of phenols is 1. The molecule has 0 radical (unpaired) electrons. The zero-order chi connectivity index (χ0) is 27.3. The Bertz CT molecular complexity index is 1240. The number of carbonyl (C=O) groups excluding carboxylic acids is 1. The van der Waals surface area contributed by atoms with Gasteiger partial charge in [0.25, 0.3) is 0 Å². The molecule has 0 amide bonds. The molecule has 3 aromatic rings. The van der Waals surface area contributed by atoms with Gasteiger partial charge in [0, 0.05) is 19.1 Å². The quantitative estimate of drug-likeness (QED) is 0.155. The normalized spacial score (nSPS) is 11.1. The number of esters is 1. The molecule has 2 aromatic carbocycles. The summed E-state index contributed by atoms with van der Waals surface area (Å²) in [6.45, 7) is 1.54. The molecule has 0 spiro atoms. The highest BCUT2D eigenvalue weighted by Gasteiger charge is 2.20. The van der Waals surface area contributed by atoms with Crippen molar-refractivity contribution >= 4 is 16.9 Å². The van der Waals surface area contributed by atoms with Gasteiger partial charge in [-0.05, 0) is 55.2 Å².